The summed E-state index contributed by atoms with van der Waals surface area (Å²) in [6.45, 7) is 0. The molecule has 0 fully saturated rings. The van der Waals surface area contributed by atoms with Crippen molar-refractivity contribution in [3.63, 3.8) is 0 Å². The van der Waals surface area contributed by atoms with Gasteiger partial charge in [0.2, 0.25) is 0 Å². The maximum Gasteiger partial charge on any atom is 0.343 e. The normalized spacial score (nSPS) is 14.8. The molecule has 2 aromatic rings. The van der Waals surface area contributed by atoms with Gasteiger partial charge in [-0.2, -0.15) is 0 Å². The van der Waals surface area contributed by atoms with Crippen LogP contribution in [0.3, 0.4) is 0 Å². The molecule has 0 aliphatic carbocycles. The minimum Gasteiger partial charge on any atom is -0.504 e. The van der Waals surface area contributed by atoms with Crippen molar-refractivity contribution >= 4 is 17.8 Å². The lowest BCUT2D eigenvalue weighted by atomic mass is 10.1. The van der Waals surface area contributed by atoms with Gasteiger partial charge in [-0.1, -0.05) is 6.07 Å². The number of methoxy groups -OCH3 is 3. The Labute approximate surface area is 150 Å². The number of carbonyl (C=O) groups excluding carboxylic acids is 1. The molecule has 0 saturated heterocycles. The van der Waals surface area contributed by atoms with E-state index in [9.17, 15) is 9.90 Å². The highest BCUT2D eigenvalue weighted by atomic mass is 16.5. The van der Waals surface area contributed by atoms with E-state index >= 15 is 0 Å². The van der Waals surface area contributed by atoms with Crippen LogP contribution >= 0.6 is 0 Å². The first kappa shape index (κ1) is 17.4. The van der Waals surface area contributed by atoms with Gasteiger partial charge in [-0.05, 0) is 48.0 Å². The van der Waals surface area contributed by atoms with Crippen LogP contribution in [0.1, 0.15) is 11.1 Å². The van der Waals surface area contributed by atoms with Crippen LogP contribution in [0.25, 0.3) is 11.8 Å². The number of carbonyl (C=O) groups is 1. The van der Waals surface area contributed by atoms with E-state index in [0.29, 0.717) is 39.7 Å². The number of ether oxygens (including phenoxy) is 4. The van der Waals surface area contributed by atoms with E-state index in [1.807, 2.05) is 0 Å². The van der Waals surface area contributed by atoms with Gasteiger partial charge in [0.15, 0.2) is 11.5 Å². The third-order valence-corrected chi connectivity index (χ3v) is 3.92. The second-order valence-electron chi connectivity index (χ2n) is 5.50. The zero-order valence-corrected chi connectivity index (χ0v) is 14.6. The quantitative estimate of drug-likeness (QED) is 0.655. The summed E-state index contributed by atoms with van der Waals surface area (Å²) in [4.78, 5) is 12.2. The average molecular weight is 354 g/mol. The number of benzene rings is 2. The summed E-state index contributed by atoms with van der Waals surface area (Å²) < 4.78 is 21.0. The lowest BCUT2D eigenvalue weighted by Crippen LogP contribution is -1.99. The van der Waals surface area contributed by atoms with Crippen molar-refractivity contribution in [2.75, 3.05) is 21.3 Å². The van der Waals surface area contributed by atoms with Crippen LogP contribution in [0.5, 0.6) is 23.0 Å². The van der Waals surface area contributed by atoms with Gasteiger partial charge in [0.1, 0.15) is 17.3 Å². The number of phenolic OH excluding ortho intramolecular Hbond substituents is 1. The average Bonchev–Trinajstić information content (AvgIpc) is 3.03. The van der Waals surface area contributed by atoms with Gasteiger partial charge >= 0.3 is 5.97 Å². The molecule has 0 spiro atoms. The van der Waals surface area contributed by atoms with Gasteiger partial charge in [-0.15, -0.1) is 0 Å². The molecule has 2 aromatic carbocycles. The Morgan fingerprint density at radius 1 is 0.962 bits per heavy atom. The molecule has 0 bridgehead atoms. The maximum atomic E-state index is 12.2. The van der Waals surface area contributed by atoms with E-state index in [-0.39, 0.29) is 5.75 Å². The molecule has 0 amide bonds. The number of hydrogen-bond donors (Lipinski definition) is 1. The van der Waals surface area contributed by atoms with Crippen molar-refractivity contribution in [3.05, 3.63) is 59.2 Å². The Balaban J connectivity index is 1.99. The van der Waals surface area contributed by atoms with Crippen molar-refractivity contribution in [3.8, 4) is 23.0 Å². The highest BCUT2D eigenvalue weighted by Gasteiger charge is 2.24. The van der Waals surface area contributed by atoms with Crippen LogP contribution in [-0.4, -0.2) is 32.4 Å². The Hall–Kier alpha value is -3.41. The van der Waals surface area contributed by atoms with E-state index in [0.717, 1.165) is 0 Å². The molecule has 0 aromatic heterocycles. The van der Waals surface area contributed by atoms with Gasteiger partial charge in [0.05, 0.1) is 32.5 Å². The number of rotatable bonds is 5. The summed E-state index contributed by atoms with van der Waals surface area (Å²) in [6.07, 6.45) is 3.29. The smallest absolute Gasteiger partial charge is 0.343 e. The highest BCUT2D eigenvalue weighted by Crippen LogP contribution is 2.36. The summed E-state index contributed by atoms with van der Waals surface area (Å²) in [5.41, 5.74) is 1.69. The molecule has 134 valence electrons. The zero-order valence-electron chi connectivity index (χ0n) is 14.6. The molecule has 3 rings (SSSR count). The Bertz CT molecular complexity index is 911. The molecule has 1 heterocycles. The topological polar surface area (TPSA) is 74.2 Å². The maximum absolute atomic E-state index is 12.2. The van der Waals surface area contributed by atoms with Crippen LogP contribution in [0.15, 0.2) is 48.0 Å². The molecule has 1 aliphatic rings. The van der Waals surface area contributed by atoms with Crippen LogP contribution < -0.4 is 14.2 Å². The van der Waals surface area contributed by atoms with Crippen LogP contribution in [-0.2, 0) is 9.53 Å². The van der Waals surface area contributed by atoms with Crippen LogP contribution in [0.2, 0.25) is 0 Å². The van der Waals surface area contributed by atoms with E-state index in [1.54, 1.807) is 56.7 Å². The Morgan fingerprint density at radius 2 is 1.73 bits per heavy atom. The van der Waals surface area contributed by atoms with E-state index in [4.69, 9.17) is 18.9 Å². The summed E-state index contributed by atoms with van der Waals surface area (Å²) in [7, 11) is 4.56. The summed E-state index contributed by atoms with van der Waals surface area (Å²) in [6, 6.07) is 10.1. The molecule has 0 radical (unpaired) electrons. The molecule has 26 heavy (non-hydrogen) atoms. The number of esters is 1. The van der Waals surface area contributed by atoms with E-state index < -0.39 is 5.97 Å². The molecule has 0 atom stereocenters. The number of aromatic hydroxyl groups is 1. The van der Waals surface area contributed by atoms with Gasteiger partial charge in [-0.3, -0.25) is 0 Å². The van der Waals surface area contributed by atoms with Crippen molar-refractivity contribution in [2.24, 2.45) is 0 Å². The fraction of sp³-hybridized carbons (Fsp3) is 0.150. The van der Waals surface area contributed by atoms with Gasteiger partial charge < -0.3 is 24.1 Å². The molecule has 1 aliphatic heterocycles. The minimum absolute atomic E-state index is 0.0287. The number of hydrogen-bond acceptors (Lipinski definition) is 6. The molecule has 6 nitrogen and oxygen atoms in total. The van der Waals surface area contributed by atoms with Crippen LogP contribution in [0.4, 0.5) is 0 Å². The second kappa shape index (κ2) is 7.23. The van der Waals surface area contributed by atoms with E-state index in [2.05, 4.69) is 0 Å². The number of phenols is 1. The molecule has 0 saturated carbocycles. The predicted molar refractivity (Wildman–Crippen MR) is 96.3 cm³/mol. The number of cyclic esters (lactones) is 1. The van der Waals surface area contributed by atoms with E-state index in [1.165, 1.54) is 13.2 Å². The molecular formula is C20H18O6. The summed E-state index contributed by atoms with van der Waals surface area (Å²) >= 11 is 0. The Kier molecular flexibility index (Phi) is 4.84. The molecule has 1 N–H and O–H groups in total. The monoisotopic (exact) mass is 354 g/mol. The SMILES string of the molecule is COc1ccc(OC)c(C2=C/C(=C\c3ccc(O)c(OC)c3)C(=O)O2)c1. The predicted octanol–water partition coefficient (Wildman–Crippen LogP) is 3.40. The lowest BCUT2D eigenvalue weighted by Gasteiger charge is -2.10. The first-order valence-corrected chi connectivity index (χ1v) is 7.80. The van der Waals surface area contributed by atoms with Crippen molar-refractivity contribution in [1.29, 1.82) is 0 Å². The zero-order chi connectivity index (χ0) is 18.7. The molecular weight excluding hydrogens is 336 g/mol. The Morgan fingerprint density at radius 3 is 2.42 bits per heavy atom. The highest BCUT2D eigenvalue weighted by molar-refractivity contribution is 6.05. The fourth-order valence-corrected chi connectivity index (χ4v) is 2.59. The van der Waals surface area contributed by atoms with Crippen LogP contribution in [0, 0.1) is 0 Å². The van der Waals surface area contributed by atoms with Gasteiger partial charge in [0.25, 0.3) is 0 Å². The second-order valence-corrected chi connectivity index (χ2v) is 5.50. The fourth-order valence-electron chi connectivity index (χ4n) is 2.59. The largest absolute Gasteiger partial charge is 0.504 e. The molecule has 6 heteroatoms. The summed E-state index contributed by atoms with van der Waals surface area (Å²) in [5.74, 6) is 1.45. The van der Waals surface area contributed by atoms with Crippen molar-refractivity contribution in [1.82, 2.24) is 0 Å². The first-order valence-electron chi connectivity index (χ1n) is 7.80. The van der Waals surface area contributed by atoms with Crippen molar-refractivity contribution < 1.29 is 28.8 Å². The van der Waals surface area contributed by atoms with Crippen molar-refractivity contribution in [2.45, 2.75) is 0 Å². The molecule has 0 unspecified atom stereocenters. The summed E-state index contributed by atoms with van der Waals surface area (Å²) in [5, 5.41) is 9.67. The van der Waals surface area contributed by atoms with Gasteiger partial charge in [0, 0.05) is 0 Å². The first-order chi connectivity index (χ1) is 12.5. The third-order valence-electron chi connectivity index (χ3n) is 3.92. The standard InChI is InChI=1S/C20H18O6/c1-23-14-5-7-17(24-2)15(11-14)18-10-13(20(22)26-18)8-12-4-6-16(21)19(9-12)25-3/h4-11,21H,1-3H3/b13-8+. The minimum atomic E-state index is -0.475. The lowest BCUT2D eigenvalue weighted by molar-refractivity contribution is -0.130. The third kappa shape index (κ3) is 3.35. The van der Waals surface area contributed by atoms with Gasteiger partial charge in [-0.25, -0.2) is 4.79 Å².